The van der Waals surface area contributed by atoms with Crippen molar-refractivity contribution in [3.63, 3.8) is 0 Å². The summed E-state index contributed by atoms with van der Waals surface area (Å²) in [7, 11) is 0. The Morgan fingerprint density at radius 2 is 2.29 bits per heavy atom. The van der Waals surface area contributed by atoms with Gasteiger partial charge in [-0.2, -0.15) is 16.4 Å². The van der Waals surface area contributed by atoms with Crippen molar-refractivity contribution in [3.8, 4) is 0 Å². The summed E-state index contributed by atoms with van der Waals surface area (Å²) in [5, 5.41) is 8.36. The van der Waals surface area contributed by atoms with Gasteiger partial charge in [-0.1, -0.05) is 0 Å². The molecule has 3 aromatic heterocycles. The maximum Gasteiger partial charge on any atom is 0.227 e. The third kappa shape index (κ3) is 2.82. The van der Waals surface area contributed by atoms with E-state index in [2.05, 4.69) is 16.5 Å². The van der Waals surface area contributed by atoms with E-state index in [1.54, 1.807) is 17.5 Å². The minimum absolute atomic E-state index is 0.0727. The lowest BCUT2D eigenvalue weighted by molar-refractivity contribution is -0.134. The van der Waals surface area contributed by atoms with Crippen LogP contribution in [-0.2, 0) is 11.2 Å². The second kappa shape index (κ2) is 6.36. The van der Waals surface area contributed by atoms with E-state index in [4.69, 9.17) is 4.98 Å². The number of hydrogen-bond donors (Lipinski definition) is 0. The molecular formula is C18H20N4OS. The second-order valence-electron chi connectivity index (χ2n) is 6.33. The van der Waals surface area contributed by atoms with Crippen molar-refractivity contribution >= 4 is 22.9 Å². The largest absolute Gasteiger partial charge is 0.334 e. The van der Waals surface area contributed by atoms with E-state index < -0.39 is 0 Å². The van der Waals surface area contributed by atoms with Crippen molar-refractivity contribution in [1.29, 1.82) is 0 Å². The predicted octanol–water partition coefficient (Wildman–Crippen LogP) is 3.40. The average molecular weight is 340 g/mol. The number of thiophene rings is 1. The molecule has 0 N–H and O–H groups in total. The summed E-state index contributed by atoms with van der Waals surface area (Å²) in [6.45, 7) is 2.85. The number of aromatic nitrogens is 3. The highest BCUT2D eigenvalue weighted by atomic mass is 32.1. The van der Waals surface area contributed by atoms with E-state index in [0.29, 0.717) is 6.42 Å². The molecule has 0 saturated carbocycles. The van der Waals surface area contributed by atoms with Gasteiger partial charge in [0, 0.05) is 18.3 Å². The summed E-state index contributed by atoms with van der Waals surface area (Å²) < 4.78 is 1.84. The van der Waals surface area contributed by atoms with E-state index in [9.17, 15) is 4.79 Å². The molecule has 0 aliphatic carbocycles. The quantitative estimate of drug-likeness (QED) is 0.734. The van der Waals surface area contributed by atoms with Gasteiger partial charge in [0.1, 0.15) is 0 Å². The van der Waals surface area contributed by atoms with Crippen LogP contribution in [0.25, 0.3) is 5.65 Å². The molecule has 4 rings (SSSR count). The Hall–Kier alpha value is -2.21. The molecule has 4 heterocycles. The number of fused-ring (bicyclic) bond motifs is 1. The van der Waals surface area contributed by atoms with E-state index in [-0.39, 0.29) is 11.9 Å². The van der Waals surface area contributed by atoms with E-state index in [1.165, 1.54) is 0 Å². The van der Waals surface area contributed by atoms with Gasteiger partial charge < -0.3 is 4.90 Å². The molecule has 0 radical (unpaired) electrons. The van der Waals surface area contributed by atoms with Crippen LogP contribution in [-0.4, -0.2) is 31.9 Å². The number of likely N-dealkylation sites (tertiary alicyclic amines) is 1. The Kier molecular flexibility index (Phi) is 4.06. The molecule has 0 unspecified atom stereocenters. The van der Waals surface area contributed by atoms with Crippen LogP contribution in [0, 0.1) is 6.92 Å². The van der Waals surface area contributed by atoms with Crippen LogP contribution in [0.15, 0.2) is 35.2 Å². The highest BCUT2D eigenvalue weighted by molar-refractivity contribution is 7.08. The Morgan fingerprint density at radius 1 is 1.38 bits per heavy atom. The summed E-state index contributed by atoms with van der Waals surface area (Å²) in [6.07, 6.45) is 5.43. The van der Waals surface area contributed by atoms with Crippen molar-refractivity contribution in [2.24, 2.45) is 0 Å². The number of nitrogens with zero attached hydrogens (tertiary/aromatic N) is 4. The number of hydrogen-bond acceptors (Lipinski definition) is 4. The van der Waals surface area contributed by atoms with Crippen molar-refractivity contribution < 1.29 is 4.79 Å². The van der Waals surface area contributed by atoms with Gasteiger partial charge in [0.25, 0.3) is 0 Å². The van der Waals surface area contributed by atoms with Crippen LogP contribution in [0.1, 0.15) is 42.3 Å². The molecule has 1 aliphatic rings. The summed E-state index contributed by atoms with van der Waals surface area (Å²) >= 11 is 1.64. The van der Waals surface area contributed by atoms with Crippen LogP contribution in [0.2, 0.25) is 0 Å². The molecule has 0 bridgehead atoms. The number of piperidine rings is 1. The Balaban J connectivity index is 1.64. The fourth-order valence-corrected chi connectivity index (χ4v) is 4.14. The van der Waals surface area contributed by atoms with E-state index >= 15 is 0 Å². The van der Waals surface area contributed by atoms with Crippen LogP contribution in [0.3, 0.4) is 0 Å². The summed E-state index contributed by atoms with van der Waals surface area (Å²) in [4.78, 5) is 19.6. The minimum atomic E-state index is 0.0727. The molecule has 124 valence electrons. The maximum atomic E-state index is 12.8. The van der Waals surface area contributed by atoms with Crippen molar-refractivity contribution in [1.82, 2.24) is 19.5 Å². The first-order chi connectivity index (χ1) is 11.7. The molecule has 1 fully saturated rings. The van der Waals surface area contributed by atoms with Gasteiger partial charge in [-0.15, -0.1) is 0 Å². The van der Waals surface area contributed by atoms with E-state index in [1.807, 2.05) is 33.9 Å². The molecule has 24 heavy (non-hydrogen) atoms. The van der Waals surface area contributed by atoms with Crippen LogP contribution >= 0.6 is 11.3 Å². The van der Waals surface area contributed by atoms with Gasteiger partial charge in [0.2, 0.25) is 5.91 Å². The van der Waals surface area contributed by atoms with Crippen molar-refractivity contribution in [2.45, 2.75) is 38.6 Å². The summed E-state index contributed by atoms with van der Waals surface area (Å²) in [5.41, 5.74) is 3.99. The molecule has 0 spiro atoms. The SMILES string of the molecule is Cc1cc([C@@H]2CCCCN2C(=O)Cc2ccsc2)nc2ccnn12. The number of carbonyl (C=O) groups excluding carboxylic acids is 1. The second-order valence-corrected chi connectivity index (χ2v) is 7.11. The molecule has 6 heteroatoms. The molecule has 1 amide bonds. The summed E-state index contributed by atoms with van der Waals surface area (Å²) in [5.74, 6) is 0.200. The number of aryl methyl sites for hydroxylation is 1. The number of carbonyl (C=O) groups is 1. The van der Waals surface area contributed by atoms with Crippen molar-refractivity contribution in [2.75, 3.05) is 6.54 Å². The first-order valence-electron chi connectivity index (χ1n) is 8.34. The van der Waals surface area contributed by atoms with Crippen LogP contribution < -0.4 is 0 Å². The lowest BCUT2D eigenvalue weighted by Gasteiger charge is -2.35. The van der Waals surface area contributed by atoms with Gasteiger partial charge in [-0.05, 0) is 54.6 Å². The zero-order chi connectivity index (χ0) is 16.5. The Labute approximate surface area is 144 Å². The molecule has 5 nitrogen and oxygen atoms in total. The Bertz CT molecular complexity index is 855. The summed E-state index contributed by atoms with van der Waals surface area (Å²) in [6, 6.07) is 6.09. The third-order valence-electron chi connectivity index (χ3n) is 4.66. The number of rotatable bonds is 3. The van der Waals surface area contributed by atoms with E-state index in [0.717, 1.165) is 48.4 Å². The van der Waals surface area contributed by atoms with Gasteiger partial charge >= 0.3 is 0 Å². The highest BCUT2D eigenvalue weighted by Crippen LogP contribution is 2.31. The van der Waals surface area contributed by atoms with Gasteiger partial charge in [0.05, 0.1) is 24.4 Å². The zero-order valence-corrected chi connectivity index (χ0v) is 14.5. The topological polar surface area (TPSA) is 50.5 Å². The lowest BCUT2D eigenvalue weighted by atomic mass is 9.97. The van der Waals surface area contributed by atoms with Crippen molar-refractivity contribution in [3.05, 3.63) is 52.1 Å². The monoisotopic (exact) mass is 340 g/mol. The lowest BCUT2D eigenvalue weighted by Crippen LogP contribution is -2.39. The first-order valence-corrected chi connectivity index (χ1v) is 9.28. The Morgan fingerprint density at radius 3 is 3.12 bits per heavy atom. The fraction of sp³-hybridized carbons (Fsp3) is 0.389. The molecule has 1 atom stereocenters. The zero-order valence-electron chi connectivity index (χ0n) is 13.7. The van der Waals surface area contributed by atoms with Crippen LogP contribution in [0.5, 0.6) is 0 Å². The molecule has 1 aliphatic heterocycles. The predicted molar refractivity (Wildman–Crippen MR) is 94.1 cm³/mol. The van der Waals surface area contributed by atoms with Gasteiger partial charge in [0.15, 0.2) is 5.65 Å². The number of amides is 1. The third-order valence-corrected chi connectivity index (χ3v) is 5.39. The smallest absolute Gasteiger partial charge is 0.227 e. The first kappa shape index (κ1) is 15.3. The highest BCUT2D eigenvalue weighted by Gasteiger charge is 2.29. The molecular weight excluding hydrogens is 320 g/mol. The maximum absolute atomic E-state index is 12.8. The molecule has 1 saturated heterocycles. The minimum Gasteiger partial charge on any atom is -0.334 e. The molecule has 0 aromatic carbocycles. The average Bonchev–Trinajstić information content (AvgIpc) is 3.26. The van der Waals surface area contributed by atoms with Gasteiger partial charge in [-0.25, -0.2) is 9.50 Å². The fourth-order valence-electron chi connectivity index (χ4n) is 3.47. The molecule has 3 aromatic rings. The standard InChI is InChI=1S/C18H20N4OS/c1-13-10-15(20-17-5-7-19-22(13)17)16-4-2-3-8-21(16)18(23)11-14-6-9-24-12-14/h5-7,9-10,12,16H,2-4,8,11H2,1H3/t16-/m0/s1. The van der Waals surface area contributed by atoms with Gasteiger partial charge in [-0.3, -0.25) is 4.79 Å². The van der Waals surface area contributed by atoms with Crippen LogP contribution in [0.4, 0.5) is 0 Å². The normalized spacial score (nSPS) is 18.2.